The first-order valence-electron chi connectivity index (χ1n) is 6.79. The largest absolute Gasteiger partial charge is 0.337 e. The van der Waals surface area contributed by atoms with E-state index in [0.29, 0.717) is 43.7 Å². The fourth-order valence-corrected chi connectivity index (χ4v) is 3.26. The van der Waals surface area contributed by atoms with Crippen LogP contribution in [0.25, 0.3) is 0 Å². The molecule has 1 saturated heterocycles. The Morgan fingerprint density at radius 3 is 2.52 bits per heavy atom. The number of aryl methyl sites for hydroxylation is 1. The highest BCUT2D eigenvalue weighted by atomic mass is 32.2. The van der Waals surface area contributed by atoms with Gasteiger partial charge in [0.15, 0.2) is 0 Å². The van der Waals surface area contributed by atoms with Crippen LogP contribution in [-0.4, -0.2) is 56.0 Å². The van der Waals surface area contributed by atoms with E-state index in [1.807, 2.05) is 0 Å². The van der Waals surface area contributed by atoms with E-state index >= 15 is 0 Å². The van der Waals surface area contributed by atoms with Crippen molar-refractivity contribution in [2.24, 2.45) is 0 Å². The van der Waals surface area contributed by atoms with Crippen LogP contribution in [0.5, 0.6) is 0 Å². The van der Waals surface area contributed by atoms with Crippen molar-refractivity contribution in [3.63, 3.8) is 0 Å². The molecule has 0 unspecified atom stereocenters. The number of carbonyl (C=O) groups is 1. The zero-order chi connectivity index (χ0) is 15.6. The van der Waals surface area contributed by atoms with E-state index in [1.54, 1.807) is 11.8 Å². The first-order valence-corrected chi connectivity index (χ1v) is 8.64. The van der Waals surface area contributed by atoms with Gasteiger partial charge in [-0.3, -0.25) is 4.79 Å². The molecule has 1 fully saturated rings. The third kappa shape index (κ3) is 3.79. The Kier molecular flexibility index (Phi) is 4.63. The SMILES string of the molecule is Cc1cc(C(=O)N2CCCN(S(C)(=O)=O)CC2)ccc1F. The lowest BCUT2D eigenvalue weighted by atomic mass is 10.1. The number of amides is 1. The molecule has 21 heavy (non-hydrogen) atoms. The number of nitrogens with zero attached hydrogens (tertiary/aromatic N) is 2. The van der Waals surface area contributed by atoms with E-state index in [1.165, 1.54) is 28.8 Å². The average Bonchev–Trinajstić information content (AvgIpc) is 2.66. The van der Waals surface area contributed by atoms with Gasteiger partial charge in [-0.2, -0.15) is 0 Å². The summed E-state index contributed by atoms with van der Waals surface area (Å²) >= 11 is 0. The van der Waals surface area contributed by atoms with E-state index in [0.717, 1.165) is 0 Å². The fraction of sp³-hybridized carbons (Fsp3) is 0.500. The molecule has 0 spiro atoms. The lowest BCUT2D eigenvalue weighted by Gasteiger charge is -2.21. The van der Waals surface area contributed by atoms with Gasteiger partial charge in [-0.25, -0.2) is 17.1 Å². The molecule has 1 amide bonds. The van der Waals surface area contributed by atoms with Crippen molar-refractivity contribution < 1.29 is 17.6 Å². The zero-order valence-corrected chi connectivity index (χ0v) is 13.0. The van der Waals surface area contributed by atoms with Crippen LogP contribution in [0.4, 0.5) is 4.39 Å². The molecule has 1 aromatic rings. The minimum Gasteiger partial charge on any atom is -0.337 e. The van der Waals surface area contributed by atoms with Crippen molar-refractivity contribution >= 4 is 15.9 Å². The highest BCUT2D eigenvalue weighted by Gasteiger charge is 2.24. The van der Waals surface area contributed by atoms with Gasteiger partial charge < -0.3 is 4.90 Å². The third-order valence-electron chi connectivity index (χ3n) is 3.62. The summed E-state index contributed by atoms with van der Waals surface area (Å²) in [4.78, 5) is 14.0. The van der Waals surface area contributed by atoms with Crippen molar-refractivity contribution in [1.82, 2.24) is 9.21 Å². The van der Waals surface area contributed by atoms with Gasteiger partial charge >= 0.3 is 0 Å². The van der Waals surface area contributed by atoms with Crippen LogP contribution in [0.3, 0.4) is 0 Å². The van der Waals surface area contributed by atoms with Crippen LogP contribution in [0.2, 0.25) is 0 Å². The van der Waals surface area contributed by atoms with Crippen molar-refractivity contribution in [2.45, 2.75) is 13.3 Å². The van der Waals surface area contributed by atoms with Crippen LogP contribution in [0.15, 0.2) is 18.2 Å². The molecule has 0 saturated carbocycles. The molecule has 1 aliphatic rings. The molecule has 0 aliphatic carbocycles. The average molecular weight is 314 g/mol. The second-order valence-corrected chi connectivity index (χ2v) is 7.25. The molecule has 7 heteroatoms. The molecular weight excluding hydrogens is 295 g/mol. The Morgan fingerprint density at radius 1 is 1.19 bits per heavy atom. The van der Waals surface area contributed by atoms with Gasteiger partial charge in [0.05, 0.1) is 6.26 Å². The topological polar surface area (TPSA) is 57.7 Å². The quantitative estimate of drug-likeness (QED) is 0.825. The van der Waals surface area contributed by atoms with Gasteiger partial charge in [-0.05, 0) is 37.1 Å². The lowest BCUT2D eigenvalue weighted by Crippen LogP contribution is -2.37. The molecule has 1 aromatic carbocycles. The normalized spacial score (nSPS) is 17.6. The zero-order valence-electron chi connectivity index (χ0n) is 12.2. The molecule has 116 valence electrons. The first-order chi connectivity index (χ1) is 9.79. The van der Waals surface area contributed by atoms with E-state index in [2.05, 4.69) is 0 Å². The van der Waals surface area contributed by atoms with Crippen molar-refractivity contribution in [3.8, 4) is 0 Å². The second-order valence-electron chi connectivity index (χ2n) is 5.27. The van der Waals surface area contributed by atoms with Gasteiger partial charge in [0, 0.05) is 31.7 Å². The smallest absolute Gasteiger partial charge is 0.253 e. The Bertz CT molecular complexity index is 646. The lowest BCUT2D eigenvalue weighted by molar-refractivity contribution is 0.0764. The Labute approximate surface area is 124 Å². The maximum absolute atomic E-state index is 13.3. The summed E-state index contributed by atoms with van der Waals surface area (Å²) in [5, 5.41) is 0. The molecule has 0 aromatic heterocycles. The number of hydrogen-bond donors (Lipinski definition) is 0. The van der Waals surface area contributed by atoms with Crippen LogP contribution in [0, 0.1) is 12.7 Å². The van der Waals surface area contributed by atoms with Gasteiger partial charge in [0.2, 0.25) is 10.0 Å². The highest BCUT2D eigenvalue weighted by molar-refractivity contribution is 7.88. The minimum absolute atomic E-state index is 0.187. The number of rotatable bonds is 2. The van der Waals surface area contributed by atoms with Crippen LogP contribution >= 0.6 is 0 Å². The maximum Gasteiger partial charge on any atom is 0.253 e. The summed E-state index contributed by atoms with van der Waals surface area (Å²) in [6.45, 7) is 3.18. The number of benzene rings is 1. The molecule has 0 N–H and O–H groups in total. The van der Waals surface area contributed by atoms with Gasteiger partial charge in [-0.15, -0.1) is 0 Å². The molecule has 1 aliphatic heterocycles. The van der Waals surface area contributed by atoms with Gasteiger partial charge in [-0.1, -0.05) is 0 Å². The summed E-state index contributed by atoms with van der Waals surface area (Å²) in [7, 11) is -3.23. The van der Waals surface area contributed by atoms with Crippen LogP contribution in [-0.2, 0) is 10.0 Å². The number of hydrogen-bond acceptors (Lipinski definition) is 3. The summed E-state index contributed by atoms with van der Waals surface area (Å²) in [5.74, 6) is -0.529. The monoisotopic (exact) mass is 314 g/mol. The molecule has 0 radical (unpaired) electrons. The van der Waals surface area contributed by atoms with Crippen molar-refractivity contribution in [1.29, 1.82) is 0 Å². The summed E-state index contributed by atoms with van der Waals surface area (Å²) in [5.41, 5.74) is 0.857. The first kappa shape index (κ1) is 15.9. The third-order valence-corrected chi connectivity index (χ3v) is 4.92. The Morgan fingerprint density at radius 2 is 1.90 bits per heavy atom. The molecular formula is C14H19FN2O3S. The number of carbonyl (C=O) groups excluding carboxylic acids is 1. The Balaban J connectivity index is 2.11. The predicted octanol–water partition coefficient (Wildman–Crippen LogP) is 1.24. The molecule has 0 bridgehead atoms. The molecule has 5 nitrogen and oxygen atoms in total. The predicted molar refractivity (Wildman–Crippen MR) is 78.1 cm³/mol. The van der Waals surface area contributed by atoms with Crippen molar-refractivity contribution in [2.75, 3.05) is 32.4 Å². The van der Waals surface area contributed by atoms with E-state index < -0.39 is 10.0 Å². The second kappa shape index (κ2) is 6.11. The van der Waals surface area contributed by atoms with E-state index in [4.69, 9.17) is 0 Å². The molecule has 0 atom stereocenters. The van der Waals surface area contributed by atoms with Crippen LogP contribution in [0.1, 0.15) is 22.3 Å². The Hall–Kier alpha value is -1.47. The summed E-state index contributed by atoms with van der Waals surface area (Å²) in [6.07, 6.45) is 1.77. The molecule has 2 rings (SSSR count). The van der Waals surface area contributed by atoms with Gasteiger partial charge in [0.25, 0.3) is 5.91 Å². The van der Waals surface area contributed by atoms with E-state index in [9.17, 15) is 17.6 Å². The molecule has 1 heterocycles. The maximum atomic E-state index is 13.3. The fourth-order valence-electron chi connectivity index (χ4n) is 2.39. The van der Waals surface area contributed by atoms with Crippen LogP contribution < -0.4 is 0 Å². The van der Waals surface area contributed by atoms with E-state index in [-0.39, 0.29) is 11.7 Å². The highest BCUT2D eigenvalue weighted by Crippen LogP contribution is 2.14. The number of sulfonamides is 1. The summed E-state index contributed by atoms with van der Waals surface area (Å²) < 4.78 is 37.7. The van der Waals surface area contributed by atoms with Crippen molar-refractivity contribution in [3.05, 3.63) is 35.1 Å². The number of halogens is 1. The standard InChI is InChI=1S/C14H19FN2O3S/c1-11-10-12(4-5-13(11)15)14(18)16-6-3-7-17(9-8-16)21(2,19)20/h4-5,10H,3,6-9H2,1-2H3. The van der Waals surface area contributed by atoms with Gasteiger partial charge in [0.1, 0.15) is 5.82 Å². The minimum atomic E-state index is -3.23. The summed E-state index contributed by atoms with van der Waals surface area (Å²) in [6, 6.07) is 4.27.